The summed E-state index contributed by atoms with van der Waals surface area (Å²) in [6, 6.07) is 5.69. The Hall–Kier alpha value is -2.90. The third-order valence-corrected chi connectivity index (χ3v) is 7.88. The summed E-state index contributed by atoms with van der Waals surface area (Å²) >= 11 is 0. The van der Waals surface area contributed by atoms with E-state index in [1.54, 1.807) is 11.6 Å². The molecule has 0 unspecified atom stereocenters. The lowest BCUT2D eigenvalue weighted by Gasteiger charge is -2.42. The molecule has 2 aromatic rings. The van der Waals surface area contributed by atoms with Crippen LogP contribution in [0.25, 0.3) is 0 Å². The van der Waals surface area contributed by atoms with Crippen LogP contribution in [0.1, 0.15) is 63.0 Å². The topological polar surface area (TPSA) is 79.2 Å². The minimum absolute atomic E-state index is 0.122. The van der Waals surface area contributed by atoms with E-state index in [2.05, 4.69) is 27.3 Å². The summed E-state index contributed by atoms with van der Waals surface area (Å²) in [6.45, 7) is 5.39. The standard InChI is InChI=1S/C26H35N7O/c34-23-10-6-9-22-21-15-20(17-33(22)23)16-32(18-21)26-29-24(27-12-11-19-7-2-1-3-8-19)28-25(30-26)31-13-4-5-14-31/h6-7,9-10,20-21H,1-5,8,11-18H2,(H,27,28,29,30)/t20-,21-/m1/s1. The highest BCUT2D eigenvalue weighted by molar-refractivity contribution is 5.47. The molecule has 8 nitrogen and oxygen atoms in total. The summed E-state index contributed by atoms with van der Waals surface area (Å²) < 4.78 is 1.98. The van der Waals surface area contributed by atoms with Crippen LogP contribution in [-0.2, 0) is 6.54 Å². The van der Waals surface area contributed by atoms with Crippen molar-refractivity contribution < 1.29 is 0 Å². The van der Waals surface area contributed by atoms with Crippen LogP contribution in [0, 0.1) is 5.92 Å². The van der Waals surface area contributed by atoms with Gasteiger partial charge in [-0.05, 0) is 63.4 Å². The predicted octanol–water partition coefficient (Wildman–Crippen LogP) is 3.56. The first-order valence-electron chi connectivity index (χ1n) is 13.1. The maximum Gasteiger partial charge on any atom is 0.250 e. The second kappa shape index (κ2) is 9.39. The fourth-order valence-corrected chi connectivity index (χ4v) is 6.16. The minimum Gasteiger partial charge on any atom is -0.354 e. The highest BCUT2D eigenvalue weighted by atomic mass is 16.1. The molecule has 6 rings (SSSR count). The van der Waals surface area contributed by atoms with E-state index < -0.39 is 0 Å². The lowest BCUT2D eigenvalue weighted by atomic mass is 9.83. The summed E-state index contributed by atoms with van der Waals surface area (Å²) in [4.78, 5) is 31.7. The molecule has 34 heavy (non-hydrogen) atoms. The van der Waals surface area contributed by atoms with Crippen molar-refractivity contribution in [3.05, 3.63) is 45.9 Å². The van der Waals surface area contributed by atoms with Gasteiger partial charge in [-0.2, -0.15) is 15.0 Å². The lowest BCUT2D eigenvalue weighted by Crippen LogP contribution is -2.47. The Kier molecular flexibility index (Phi) is 5.97. The van der Waals surface area contributed by atoms with Gasteiger partial charge in [0, 0.05) is 56.9 Å². The van der Waals surface area contributed by atoms with Crippen LogP contribution in [0.4, 0.5) is 17.8 Å². The number of aromatic nitrogens is 4. The zero-order valence-corrected chi connectivity index (χ0v) is 20.0. The van der Waals surface area contributed by atoms with Crippen molar-refractivity contribution in [3.63, 3.8) is 0 Å². The first-order valence-corrected chi connectivity index (χ1v) is 13.1. The second-order valence-electron chi connectivity index (χ2n) is 10.3. The van der Waals surface area contributed by atoms with Crippen LogP contribution >= 0.6 is 0 Å². The van der Waals surface area contributed by atoms with Crippen LogP contribution in [0.15, 0.2) is 34.6 Å². The first kappa shape index (κ1) is 21.6. The minimum atomic E-state index is 0.122. The van der Waals surface area contributed by atoms with Crippen molar-refractivity contribution >= 4 is 17.8 Å². The summed E-state index contributed by atoms with van der Waals surface area (Å²) in [7, 11) is 0. The van der Waals surface area contributed by atoms with Crippen LogP contribution in [0.2, 0.25) is 0 Å². The molecule has 4 aliphatic rings. The smallest absolute Gasteiger partial charge is 0.250 e. The van der Waals surface area contributed by atoms with Crippen molar-refractivity contribution in [3.8, 4) is 0 Å². The average molecular weight is 462 g/mol. The molecule has 2 atom stereocenters. The van der Waals surface area contributed by atoms with Gasteiger partial charge in [-0.25, -0.2) is 0 Å². The van der Waals surface area contributed by atoms with E-state index in [1.807, 2.05) is 10.6 Å². The van der Waals surface area contributed by atoms with Crippen LogP contribution < -0.4 is 20.7 Å². The van der Waals surface area contributed by atoms with E-state index in [0.29, 0.717) is 17.8 Å². The summed E-state index contributed by atoms with van der Waals surface area (Å²) in [5.74, 6) is 3.04. The molecule has 2 aromatic heterocycles. The monoisotopic (exact) mass is 461 g/mol. The van der Waals surface area contributed by atoms with Gasteiger partial charge in [0.05, 0.1) is 0 Å². The maximum atomic E-state index is 12.4. The lowest BCUT2D eigenvalue weighted by molar-refractivity contribution is 0.279. The number of nitrogens with zero attached hydrogens (tertiary/aromatic N) is 6. The molecule has 0 amide bonds. The van der Waals surface area contributed by atoms with Gasteiger partial charge in [0.15, 0.2) is 0 Å². The number of nitrogens with one attached hydrogen (secondary N) is 1. The Labute approximate surface area is 201 Å². The van der Waals surface area contributed by atoms with Crippen molar-refractivity contribution in [2.24, 2.45) is 5.92 Å². The van der Waals surface area contributed by atoms with Gasteiger partial charge in [0.25, 0.3) is 5.56 Å². The molecule has 1 N–H and O–H groups in total. The summed E-state index contributed by atoms with van der Waals surface area (Å²) in [5.41, 5.74) is 2.84. The predicted molar refractivity (Wildman–Crippen MR) is 135 cm³/mol. The number of hydrogen-bond acceptors (Lipinski definition) is 7. The molecule has 1 aliphatic carbocycles. The largest absolute Gasteiger partial charge is 0.354 e. The number of fused-ring (bicyclic) bond motifs is 4. The fourth-order valence-electron chi connectivity index (χ4n) is 6.16. The summed E-state index contributed by atoms with van der Waals surface area (Å²) in [6.07, 6.45) is 12.1. The quantitative estimate of drug-likeness (QED) is 0.659. The number of hydrogen-bond donors (Lipinski definition) is 1. The SMILES string of the molecule is O=c1cccc2n1C[C@@H]1C[C@@H]2CN(c2nc(NCCC3=CCCCC3)nc(N3CCCC3)n2)C1. The number of anilines is 3. The van der Waals surface area contributed by atoms with Crippen LogP contribution in [0.5, 0.6) is 0 Å². The van der Waals surface area contributed by atoms with Crippen LogP contribution in [-0.4, -0.2) is 52.2 Å². The molecule has 8 heteroatoms. The molecular weight excluding hydrogens is 426 g/mol. The molecule has 0 saturated carbocycles. The van der Waals surface area contributed by atoms with Gasteiger partial charge in [-0.1, -0.05) is 17.7 Å². The first-order chi connectivity index (χ1) is 16.7. The normalized spacial score (nSPS) is 24.1. The van der Waals surface area contributed by atoms with Crippen molar-refractivity contribution in [1.82, 2.24) is 19.5 Å². The molecule has 2 bridgehead atoms. The Morgan fingerprint density at radius 1 is 0.941 bits per heavy atom. The van der Waals surface area contributed by atoms with Gasteiger partial charge in [-0.3, -0.25) is 4.79 Å². The zero-order valence-electron chi connectivity index (χ0n) is 20.0. The van der Waals surface area contributed by atoms with Crippen molar-refractivity contribution in [1.29, 1.82) is 0 Å². The van der Waals surface area contributed by atoms with E-state index in [4.69, 9.17) is 15.0 Å². The molecule has 3 aliphatic heterocycles. The number of pyridine rings is 1. The molecule has 0 spiro atoms. The Morgan fingerprint density at radius 2 is 1.79 bits per heavy atom. The molecule has 0 radical (unpaired) electrons. The Balaban J connectivity index is 1.24. The third-order valence-electron chi connectivity index (χ3n) is 7.88. The molecule has 5 heterocycles. The average Bonchev–Trinajstić information content (AvgIpc) is 3.40. The van der Waals surface area contributed by atoms with Crippen LogP contribution in [0.3, 0.4) is 0 Å². The summed E-state index contributed by atoms with van der Waals surface area (Å²) in [5, 5.41) is 3.51. The maximum absolute atomic E-state index is 12.4. The van der Waals surface area contributed by atoms with Crippen molar-refractivity contribution in [2.45, 2.75) is 63.8 Å². The number of rotatable bonds is 6. The Bertz CT molecular complexity index is 1120. The highest BCUT2D eigenvalue weighted by Crippen LogP contribution is 2.36. The second-order valence-corrected chi connectivity index (χ2v) is 10.3. The molecule has 0 aromatic carbocycles. The molecular formula is C26H35N7O. The number of allylic oxidation sites excluding steroid dienone is 1. The third kappa shape index (κ3) is 4.42. The number of piperidine rings is 1. The van der Waals surface area contributed by atoms with Gasteiger partial charge < -0.3 is 19.7 Å². The van der Waals surface area contributed by atoms with Gasteiger partial charge in [0.2, 0.25) is 17.8 Å². The van der Waals surface area contributed by atoms with E-state index >= 15 is 0 Å². The molecule has 2 saturated heterocycles. The molecule has 2 fully saturated rings. The van der Waals surface area contributed by atoms with E-state index in [-0.39, 0.29) is 5.56 Å². The van der Waals surface area contributed by atoms with Gasteiger partial charge >= 0.3 is 0 Å². The zero-order chi connectivity index (χ0) is 22.9. The highest BCUT2D eigenvalue weighted by Gasteiger charge is 2.36. The van der Waals surface area contributed by atoms with Crippen molar-refractivity contribution in [2.75, 3.05) is 47.8 Å². The van der Waals surface area contributed by atoms with E-state index in [9.17, 15) is 4.79 Å². The van der Waals surface area contributed by atoms with Gasteiger partial charge in [-0.15, -0.1) is 0 Å². The fraction of sp³-hybridized carbons (Fsp3) is 0.615. The van der Waals surface area contributed by atoms with E-state index in [0.717, 1.165) is 69.7 Å². The van der Waals surface area contributed by atoms with Gasteiger partial charge in [0.1, 0.15) is 0 Å². The Morgan fingerprint density at radius 3 is 2.62 bits per heavy atom. The molecule has 180 valence electrons. The van der Waals surface area contributed by atoms with E-state index in [1.165, 1.54) is 38.5 Å².